The number of anilines is 1. The molecule has 1 aromatic carbocycles. The van der Waals surface area contributed by atoms with Crippen LogP contribution in [0.4, 0.5) is 5.95 Å². The van der Waals surface area contributed by atoms with Crippen LogP contribution >= 0.6 is 11.6 Å². The monoisotopic (exact) mass is 571 g/mol. The molecule has 39 heavy (non-hydrogen) atoms. The smallest absolute Gasteiger partial charge is 0.243 e. The number of methoxy groups -OCH3 is 2. The number of aromatic nitrogens is 8. The summed E-state index contributed by atoms with van der Waals surface area (Å²) in [6.45, 7) is 1.43. The number of phenolic OH excluding ortho intramolecular Hbond substituents is 1. The first-order chi connectivity index (χ1) is 18.7. The van der Waals surface area contributed by atoms with E-state index in [0.29, 0.717) is 21.7 Å². The fraction of sp³-hybridized carbons (Fsp3) is 0.217. The first-order valence-corrected chi connectivity index (χ1v) is 13.3. The van der Waals surface area contributed by atoms with Crippen molar-refractivity contribution in [3.05, 3.63) is 60.0 Å². The Kier molecular flexibility index (Phi) is 7.03. The summed E-state index contributed by atoms with van der Waals surface area (Å²) in [6, 6.07) is 6.35. The highest BCUT2D eigenvalue weighted by atomic mass is 35.5. The van der Waals surface area contributed by atoms with Crippen molar-refractivity contribution in [2.24, 2.45) is 0 Å². The van der Waals surface area contributed by atoms with E-state index >= 15 is 0 Å². The number of sulfonamides is 1. The highest BCUT2D eigenvalue weighted by molar-refractivity contribution is 7.93. The summed E-state index contributed by atoms with van der Waals surface area (Å²) in [4.78, 5) is 19.8. The zero-order chi connectivity index (χ0) is 27.7. The molecule has 0 amide bonds. The van der Waals surface area contributed by atoms with Crippen molar-refractivity contribution >= 4 is 38.6 Å². The van der Waals surface area contributed by atoms with E-state index in [-0.39, 0.29) is 34.8 Å². The summed E-state index contributed by atoms with van der Waals surface area (Å²) in [5.41, 5.74) is 1.53. The molecule has 4 aromatic heterocycles. The second-order valence-corrected chi connectivity index (χ2v) is 10.7. The van der Waals surface area contributed by atoms with E-state index < -0.39 is 21.4 Å². The molecule has 0 spiro atoms. The molecular formula is C23H22ClN9O5S. The van der Waals surface area contributed by atoms with Crippen LogP contribution in [0, 0.1) is 0 Å². The Balaban J connectivity index is 1.64. The first kappa shape index (κ1) is 26.3. The Hall–Kier alpha value is -4.34. The molecule has 3 N–H and O–H groups in total. The molecule has 16 heteroatoms. The highest BCUT2D eigenvalue weighted by Crippen LogP contribution is 2.38. The topological polar surface area (TPSA) is 183 Å². The number of H-pyrrole nitrogens is 1. The average Bonchev–Trinajstić information content (AvgIpc) is 3.57. The van der Waals surface area contributed by atoms with Crippen LogP contribution in [0.2, 0.25) is 5.02 Å². The van der Waals surface area contributed by atoms with Crippen molar-refractivity contribution in [3.63, 3.8) is 0 Å². The van der Waals surface area contributed by atoms with Crippen LogP contribution < -0.4 is 9.46 Å². The molecular weight excluding hydrogens is 550 g/mol. The largest absolute Gasteiger partial charge is 0.506 e. The maximum absolute atomic E-state index is 13.6. The molecule has 0 aliphatic rings. The number of fused-ring (bicyclic) bond motifs is 1. The summed E-state index contributed by atoms with van der Waals surface area (Å²) >= 11 is 5.88. The molecule has 0 aliphatic heterocycles. The van der Waals surface area contributed by atoms with Gasteiger partial charge in [-0.1, -0.05) is 17.7 Å². The molecule has 0 saturated heterocycles. The van der Waals surface area contributed by atoms with E-state index in [1.165, 1.54) is 50.5 Å². The number of para-hydroxylation sites is 1. The minimum Gasteiger partial charge on any atom is -0.506 e. The molecule has 0 bridgehead atoms. The molecule has 2 atom stereocenters. The second kappa shape index (κ2) is 10.4. The Bertz CT molecular complexity index is 1740. The van der Waals surface area contributed by atoms with E-state index in [0.717, 1.165) is 0 Å². The lowest BCUT2D eigenvalue weighted by Crippen LogP contribution is -2.33. The normalized spacial score (nSPS) is 13.3. The molecule has 5 aromatic rings. The molecule has 5 rings (SSSR count). The van der Waals surface area contributed by atoms with Crippen LogP contribution in [0.3, 0.4) is 0 Å². The average molecular weight is 572 g/mol. The minimum absolute atomic E-state index is 0.0907. The van der Waals surface area contributed by atoms with E-state index in [1.54, 1.807) is 24.4 Å². The van der Waals surface area contributed by atoms with Gasteiger partial charge in [0.05, 0.1) is 23.2 Å². The molecule has 0 unspecified atom stereocenters. The summed E-state index contributed by atoms with van der Waals surface area (Å²) in [7, 11) is -1.46. The van der Waals surface area contributed by atoms with Crippen molar-refractivity contribution in [3.8, 4) is 28.7 Å². The maximum atomic E-state index is 13.6. The number of ether oxygens (including phenoxy) is 2. The van der Waals surface area contributed by atoms with Crippen LogP contribution in [-0.2, 0) is 14.8 Å². The number of rotatable bonds is 9. The van der Waals surface area contributed by atoms with Crippen LogP contribution in [0.5, 0.6) is 11.5 Å². The van der Waals surface area contributed by atoms with Crippen molar-refractivity contribution in [2.75, 3.05) is 18.9 Å². The lowest BCUT2D eigenvalue weighted by Gasteiger charge is -2.22. The quantitative estimate of drug-likeness (QED) is 0.236. The van der Waals surface area contributed by atoms with Crippen LogP contribution in [0.25, 0.3) is 28.2 Å². The third-order valence-corrected chi connectivity index (χ3v) is 7.83. The zero-order valence-electron chi connectivity index (χ0n) is 20.8. The van der Waals surface area contributed by atoms with Crippen molar-refractivity contribution in [2.45, 2.75) is 18.3 Å². The van der Waals surface area contributed by atoms with Gasteiger partial charge in [-0.3, -0.25) is 9.29 Å². The van der Waals surface area contributed by atoms with E-state index in [1.807, 2.05) is 0 Å². The predicted octanol–water partition coefficient (Wildman–Crippen LogP) is 2.88. The Labute approximate surface area is 227 Å². The number of hydrogen-bond donors (Lipinski definition) is 3. The third kappa shape index (κ3) is 4.82. The first-order valence-electron chi connectivity index (χ1n) is 11.4. The van der Waals surface area contributed by atoms with Gasteiger partial charge in [-0.2, -0.15) is 0 Å². The van der Waals surface area contributed by atoms with Gasteiger partial charge >= 0.3 is 0 Å². The summed E-state index contributed by atoms with van der Waals surface area (Å²) in [5, 5.41) is 18.3. The summed E-state index contributed by atoms with van der Waals surface area (Å²) < 4.78 is 41.9. The molecule has 0 aliphatic carbocycles. The minimum atomic E-state index is -4.22. The van der Waals surface area contributed by atoms with Gasteiger partial charge in [0.25, 0.3) is 0 Å². The van der Waals surface area contributed by atoms with Gasteiger partial charge in [0.2, 0.25) is 16.0 Å². The molecule has 0 fully saturated rings. The van der Waals surface area contributed by atoms with Gasteiger partial charge in [-0.15, -0.1) is 10.2 Å². The van der Waals surface area contributed by atoms with Crippen molar-refractivity contribution in [1.29, 1.82) is 0 Å². The number of aromatic hydroxyl groups is 1. The van der Waals surface area contributed by atoms with Gasteiger partial charge in [-0.25, -0.2) is 28.4 Å². The van der Waals surface area contributed by atoms with E-state index in [9.17, 15) is 13.5 Å². The fourth-order valence-electron chi connectivity index (χ4n) is 4.02. The lowest BCUT2D eigenvalue weighted by atomic mass is 10.2. The lowest BCUT2D eigenvalue weighted by molar-refractivity contribution is 0.0950. The fourth-order valence-corrected chi connectivity index (χ4v) is 5.24. The third-order valence-electron chi connectivity index (χ3n) is 5.94. The number of halogens is 1. The molecule has 14 nitrogen and oxygen atoms in total. The highest BCUT2D eigenvalue weighted by Gasteiger charge is 2.35. The van der Waals surface area contributed by atoms with Crippen LogP contribution in [-0.4, -0.2) is 72.7 Å². The second-order valence-electron chi connectivity index (χ2n) is 8.24. The predicted molar refractivity (Wildman–Crippen MR) is 141 cm³/mol. The van der Waals surface area contributed by atoms with Gasteiger partial charge < -0.3 is 19.6 Å². The van der Waals surface area contributed by atoms with Crippen LogP contribution in [0.1, 0.15) is 18.9 Å². The van der Waals surface area contributed by atoms with Crippen LogP contribution in [0.15, 0.2) is 49.2 Å². The van der Waals surface area contributed by atoms with Gasteiger partial charge in [0.1, 0.15) is 40.6 Å². The Morgan fingerprint density at radius 1 is 1.10 bits per heavy atom. The number of benzene rings is 1. The van der Waals surface area contributed by atoms with Crippen molar-refractivity contribution < 1.29 is 23.0 Å². The SMILES string of the molecule is COc1cccc(O)c1-n1c(NS(=O)(=O)[C@@H](C)[C@H](OC)c2ncc(Cl)cn2)nnc1-c1ncnc2cc[nH]c12. The number of phenols is 1. The summed E-state index contributed by atoms with van der Waals surface area (Å²) in [5.74, 6) is 0.0104. The van der Waals surface area contributed by atoms with Gasteiger partial charge in [0, 0.05) is 25.7 Å². The molecule has 4 heterocycles. The van der Waals surface area contributed by atoms with Gasteiger partial charge in [-0.05, 0) is 25.1 Å². The molecule has 202 valence electrons. The molecule has 0 radical (unpaired) electrons. The standard InChI is InChI=1S/C23H22ClN9O5S/c1-12(20(38-3)21-26-9-13(24)10-27-21)39(35,36)32-23-31-30-22(18-17-14(7-8-25-17)28-11-29-18)33(23)19-15(34)5-4-6-16(19)37-2/h4-12,20,25,34H,1-3H3,(H,31,32)/t12-,20-/m0/s1. The maximum Gasteiger partial charge on any atom is 0.243 e. The summed E-state index contributed by atoms with van der Waals surface area (Å²) in [6.07, 6.45) is 4.67. The number of aromatic amines is 1. The van der Waals surface area contributed by atoms with Gasteiger partial charge in [0.15, 0.2) is 11.6 Å². The number of nitrogens with zero attached hydrogens (tertiary/aromatic N) is 7. The Morgan fingerprint density at radius 2 is 1.87 bits per heavy atom. The van der Waals surface area contributed by atoms with Crippen molar-refractivity contribution in [1.82, 2.24) is 39.7 Å². The number of nitrogens with one attached hydrogen (secondary N) is 2. The zero-order valence-corrected chi connectivity index (χ0v) is 22.3. The molecule has 0 saturated carbocycles. The van der Waals surface area contributed by atoms with E-state index in [2.05, 4.69) is 39.8 Å². The number of hydrogen-bond acceptors (Lipinski definition) is 11. The Morgan fingerprint density at radius 3 is 2.59 bits per heavy atom. The van der Waals surface area contributed by atoms with E-state index in [4.69, 9.17) is 21.1 Å².